The third-order valence-electron chi connectivity index (χ3n) is 6.46. The number of ether oxygens (including phenoxy) is 2. The van der Waals surface area contributed by atoms with Crippen molar-refractivity contribution < 1.29 is 24.2 Å². The predicted octanol–water partition coefficient (Wildman–Crippen LogP) is 5.04. The number of aromatic nitrogens is 1. The lowest BCUT2D eigenvalue weighted by Gasteiger charge is -2.25. The Balaban J connectivity index is 1.65. The Labute approximate surface area is 245 Å². The van der Waals surface area contributed by atoms with E-state index in [1.807, 2.05) is 36.4 Å². The third kappa shape index (κ3) is 6.95. The summed E-state index contributed by atoms with van der Waals surface area (Å²) in [6.07, 6.45) is 2.75. The van der Waals surface area contributed by atoms with Crippen LogP contribution in [0.4, 0.5) is 22.0 Å². The van der Waals surface area contributed by atoms with E-state index in [1.54, 1.807) is 43.8 Å². The second-order valence-electron chi connectivity index (χ2n) is 11.1. The van der Waals surface area contributed by atoms with Crippen molar-refractivity contribution in [2.24, 2.45) is 10.7 Å². The third-order valence-corrected chi connectivity index (χ3v) is 7.95. The first kappa shape index (κ1) is 30.3. The number of pyridine rings is 1. The molecule has 0 bridgehead atoms. The van der Waals surface area contributed by atoms with Gasteiger partial charge in [0, 0.05) is 23.0 Å². The van der Waals surface area contributed by atoms with Gasteiger partial charge in [0.05, 0.1) is 23.8 Å². The normalized spacial score (nSPS) is 12.1. The maximum Gasteiger partial charge on any atom is 0.323 e. The Bertz CT molecular complexity index is 1740. The van der Waals surface area contributed by atoms with Crippen molar-refractivity contribution in [3.8, 4) is 17.2 Å². The number of rotatable bonds is 8. The van der Waals surface area contributed by atoms with Gasteiger partial charge in [0.1, 0.15) is 18.6 Å². The molecule has 0 atom stereocenters. The van der Waals surface area contributed by atoms with Gasteiger partial charge in [0.25, 0.3) is 0 Å². The Kier molecular flexibility index (Phi) is 8.68. The van der Waals surface area contributed by atoms with Crippen LogP contribution in [0.2, 0.25) is 0 Å². The molecule has 0 unspecified atom stereocenters. The van der Waals surface area contributed by atoms with Crippen LogP contribution in [-0.4, -0.2) is 43.5 Å². The lowest BCUT2D eigenvalue weighted by molar-refractivity contribution is -0.102. The minimum Gasteiger partial charge on any atom is -0.494 e. The van der Waals surface area contributed by atoms with Gasteiger partial charge >= 0.3 is 6.03 Å². The van der Waals surface area contributed by atoms with Crippen molar-refractivity contribution >= 4 is 58.5 Å². The van der Waals surface area contributed by atoms with Crippen LogP contribution in [0.25, 0.3) is 10.8 Å². The Hall–Kier alpha value is -4.69. The number of anilines is 2. The molecule has 3 aromatic carbocycles. The molecule has 0 aliphatic rings. The summed E-state index contributed by atoms with van der Waals surface area (Å²) < 4.78 is 25.0. The number of benzene rings is 3. The largest absolute Gasteiger partial charge is 0.494 e. The lowest BCUT2D eigenvalue weighted by Crippen LogP contribution is -2.37. The number of carbonyl (C=O) groups is 1. The van der Waals surface area contributed by atoms with Crippen molar-refractivity contribution in [2.75, 3.05) is 31.1 Å². The number of carbonyl (C=O) groups excluding carboxylic acids is 1. The van der Waals surface area contributed by atoms with Crippen molar-refractivity contribution in [1.82, 2.24) is 4.98 Å². The molecule has 218 valence electrons. The Morgan fingerprint density at radius 1 is 1.02 bits per heavy atom. The summed E-state index contributed by atoms with van der Waals surface area (Å²) in [5.74, 6) is 1.94. The van der Waals surface area contributed by atoms with Gasteiger partial charge in [-0.15, -0.1) is 0 Å². The SMILES string of the molecule is COc1c(NC(=O)Nc2ccc(Oc3ccnc(N=C(N)C=[NH2+])c3)c3ccccc23)cc(C(C)(C)C)cc1P(C)(C)=O. The second-order valence-corrected chi connectivity index (χ2v) is 14.3. The first-order valence-electron chi connectivity index (χ1n) is 13.2. The van der Waals surface area contributed by atoms with E-state index in [0.29, 0.717) is 39.7 Å². The summed E-state index contributed by atoms with van der Waals surface area (Å²) >= 11 is 0. The maximum absolute atomic E-state index is 13.3. The monoisotopic (exact) mass is 587 g/mol. The van der Waals surface area contributed by atoms with Crippen molar-refractivity contribution in [1.29, 1.82) is 0 Å². The van der Waals surface area contributed by atoms with Crippen LogP contribution in [0.5, 0.6) is 17.2 Å². The smallest absolute Gasteiger partial charge is 0.323 e. The highest BCUT2D eigenvalue weighted by Crippen LogP contribution is 2.43. The average Bonchev–Trinajstić information content (AvgIpc) is 2.93. The van der Waals surface area contributed by atoms with E-state index in [0.717, 1.165) is 16.3 Å². The van der Waals surface area contributed by atoms with Gasteiger partial charge in [-0.1, -0.05) is 45.0 Å². The molecule has 0 radical (unpaired) electrons. The van der Waals surface area contributed by atoms with Gasteiger partial charge < -0.3 is 30.4 Å². The highest BCUT2D eigenvalue weighted by Gasteiger charge is 2.26. The standard InChI is InChI=1S/C31H35N6O4P/c1-31(2,3)19-15-24(29(40-4)26(16-19)42(5,6)39)36-30(38)35-23-11-12-25(22-10-8-7-9-21(22)23)41-20-13-14-34-28(17-20)37-27(33)18-32/h7-18,32H,1-6H3,(H2,33,34,37)(H2,35,36,38)/p+1. The molecule has 0 fully saturated rings. The van der Waals surface area contributed by atoms with E-state index >= 15 is 0 Å². The number of hydrogen-bond acceptors (Lipinski definition) is 6. The van der Waals surface area contributed by atoms with Crippen LogP contribution in [0.1, 0.15) is 26.3 Å². The zero-order valence-electron chi connectivity index (χ0n) is 24.6. The van der Waals surface area contributed by atoms with Crippen LogP contribution >= 0.6 is 7.14 Å². The molecule has 4 rings (SSSR count). The molecule has 4 aromatic rings. The summed E-state index contributed by atoms with van der Waals surface area (Å²) in [6.45, 7) is 9.55. The van der Waals surface area contributed by atoms with E-state index in [1.165, 1.54) is 13.3 Å². The summed E-state index contributed by atoms with van der Waals surface area (Å²) in [6, 6.07) is 17.7. The molecule has 1 heterocycles. The molecular formula is C31H36N6O4P+. The fraction of sp³-hybridized carbons (Fsp3) is 0.226. The summed E-state index contributed by atoms with van der Waals surface area (Å²) in [5.41, 5.74) is 7.38. The predicted molar refractivity (Wildman–Crippen MR) is 171 cm³/mol. The molecule has 2 amide bonds. The maximum atomic E-state index is 13.3. The molecule has 1 aromatic heterocycles. The van der Waals surface area contributed by atoms with Crippen LogP contribution in [0.3, 0.4) is 0 Å². The molecule has 0 aliphatic heterocycles. The van der Waals surface area contributed by atoms with Crippen LogP contribution in [-0.2, 0) is 9.98 Å². The number of methoxy groups -OCH3 is 1. The molecule has 0 saturated carbocycles. The van der Waals surface area contributed by atoms with Gasteiger partial charge in [0.2, 0.25) is 6.21 Å². The zero-order chi connectivity index (χ0) is 30.7. The van der Waals surface area contributed by atoms with E-state index in [4.69, 9.17) is 20.6 Å². The van der Waals surface area contributed by atoms with Crippen molar-refractivity contribution in [3.63, 3.8) is 0 Å². The molecular weight excluding hydrogens is 551 g/mol. The first-order chi connectivity index (χ1) is 19.8. The molecule has 11 heteroatoms. The van der Waals surface area contributed by atoms with Crippen LogP contribution in [0, 0.1) is 0 Å². The number of nitrogens with zero attached hydrogens (tertiary/aromatic N) is 2. The number of urea groups is 1. The summed E-state index contributed by atoms with van der Waals surface area (Å²) in [5, 5.41) is 13.4. The van der Waals surface area contributed by atoms with Crippen molar-refractivity contribution in [2.45, 2.75) is 26.2 Å². The molecule has 0 spiro atoms. The topological polar surface area (TPSA) is 154 Å². The number of hydrogen-bond donors (Lipinski definition) is 4. The Morgan fingerprint density at radius 3 is 2.36 bits per heavy atom. The van der Waals surface area contributed by atoms with E-state index in [-0.39, 0.29) is 11.3 Å². The molecule has 10 nitrogen and oxygen atoms in total. The number of fused-ring (bicyclic) bond motifs is 1. The molecule has 0 aliphatic carbocycles. The quantitative estimate of drug-likeness (QED) is 0.129. The van der Waals surface area contributed by atoms with E-state index < -0.39 is 13.2 Å². The number of aliphatic imine (C=N–C) groups is 1. The molecule has 42 heavy (non-hydrogen) atoms. The Morgan fingerprint density at radius 2 is 1.71 bits per heavy atom. The highest BCUT2D eigenvalue weighted by atomic mass is 31.2. The first-order valence-corrected chi connectivity index (χ1v) is 15.8. The second kappa shape index (κ2) is 12.0. The number of nitrogens with two attached hydrogens (primary N) is 2. The van der Waals surface area contributed by atoms with Crippen molar-refractivity contribution in [3.05, 3.63) is 72.4 Å². The number of amides is 2. The average molecular weight is 588 g/mol. The van der Waals surface area contributed by atoms with Gasteiger partial charge in [-0.05, 0) is 54.6 Å². The molecule has 6 N–H and O–H groups in total. The fourth-order valence-electron chi connectivity index (χ4n) is 4.32. The van der Waals surface area contributed by atoms with Gasteiger partial charge in [-0.2, -0.15) is 0 Å². The van der Waals surface area contributed by atoms with Gasteiger partial charge in [-0.25, -0.2) is 14.8 Å². The van der Waals surface area contributed by atoms with Gasteiger partial charge in [0.15, 0.2) is 17.4 Å². The van der Waals surface area contributed by atoms with E-state index in [2.05, 4.69) is 41.4 Å². The van der Waals surface area contributed by atoms with E-state index in [9.17, 15) is 9.36 Å². The fourth-order valence-corrected chi connectivity index (χ4v) is 5.47. The summed E-state index contributed by atoms with van der Waals surface area (Å²) in [4.78, 5) is 21.6. The lowest BCUT2D eigenvalue weighted by atomic mass is 9.86. The van der Waals surface area contributed by atoms with Crippen LogP contribution < -0.4 is 36.6 Å². The molecule has 0 saturated heterocycles. The summed E-state index contributed by atoms with van der Waals surface area (Å²) in [7, 11) is -1.22. The van der Waals surface area contributed by atoms with Crippen LogP contribution in [0.15, 0.2) is 71.9 Å². The van der Waals surface area contributed by atoms with Gasteiger partial charge in [-0.3, -0.25) is 5.41 Å². The zero-order valence-corrected chi connectivity index (χ0v) is 25.5. The number of nitrogens with one attached hydrogen (secondary N) is 2. The minimum atomic E-state index is -2.72. The number of amidine groups is 1. The minimum absolute atomic E-state index is 0.135. The highest BCUT2D eigenvalue weighted by molar-refractivity contribution is 7.70.